The van der Waals surface area contributed by atoms with Gasteiger partial charge in [0.2, 0.25) is 0 Å². The van der Waals surface area contributed by atoms with E-state index in [-0.39, 0.29) is 11.9 Å². The van der Waals surface area contributed by atoms with Crippen molar-refractivity contribution < 1.29 is 9.13 Å². The Balaban J connectivity index is 2.31. The van der Waals surface area contributed by atoms with E-state index in [9.17, 15) is 4.39 Å². The average Bonchev–Trinajstić information content (AvgIpc) is 2.37. The van der Waals surface area contributed by atoms with Gasteiger partial charge in [-0.15, -0.1) is 0 Å². The number of nitrogen functional groups attached to an aromatic ring is 1. The normalized spacial score (nSPS) is 10.7. The second-order valence-corrected chi connectivity index (χ2v) is 4.96. The molecule has 20 heavy (non-hydrogen) atoms. The summed E-state index contributed by atoms with van der Waals surface area (Å²) in [6.07, 6.45) is 0.0841. The summed E-state index contributed by atoms with van der Waals surface area (Å²) in [4.78, 5) is 1.93. The molecule has 0 saturated heterocycles. The van der Waals surface area contributed by atoms with Crippen LogP contribution >= 0.6 is 0 Å². The van der Waals surface area contributed by atoms with E-state index in [1.807, 2.05) is 37.9 Å². The third-order valence-electron chi connectivity index (χ3n) is 2.89. The molecule has 0 unspecified atom stereocenters. The molecule has 106 valence electrons. The SMILES string of the molecule is CC(C)Oc1cc(N)cc(N(C)c2ccc(F)cc2)c1. The first-order chi connectivity index (χ1) is 9.45. The van der Waals surface area contributed by atoms with Crippen LogP contribution < -0.4 is 15.4 Å². The molecule has 0 amide bonds. The van der Waals surface area contributed by atoms with Crippen molar-refractivity contribution in [3.05, 3.63) is 48.3 Å². The van der Waals surface area contributed by atoms with Gasteiger partial charge in [-0.2, -0.15) is 0 Å². The summed E-state index contributed by atoms with van der Waals surface area (Å²) in [6, 6.07) is 11.9. The first-order valence-electron chi connectivity index (χ1n) is 6.52. The molecule has 0 bridgehead atoms. The Morgan fingerprint density at radius 1 is 1.05 bits per heavy atom. The summed E-state index contributed by atoms with van der Waals surface area (Å²) >= 11 is 0. The largest absolute Gasteiger partial charge is 0.491 e. The van der Waals surface area contributed by atoms with Crippen LogP contribution in [0.15, 0.2) is 42.5 Å². The van der Waals surface area contributed by atoms with Crippen LogP contribution in [0.25, 0.3) is 0 Å². The van der Waals surface area contributed by atoms with E-state index < -0.39 is 0 Å². The van der Waals surface area contributed by atoms with Crippen LogP contribution in [0.2, 0.25) is 0 Å². The number of hydrogen-bond donors (Lipinski definition) is 1. The van der Waals surface area contributed by atoms with Crippen molar-refractivity contribution in [1.29, 1.82) is 0 Å². The molecule has 3 nitrogen and oxygen atoms in total. The van der Waals surface area contributed by atoms with Crippen molar-refractivity contribution in [1.82, 2.24) is 0 Å². The zero-order valence-electron chi connectivity index (χ0n) is 11.9. The van der Waals surface area contributed by atoms with E-state index in [4.69, 9.17) is 10.5 Å². The highest BCUT2D eigenvalue weighted by molar-refractivity contribution is 5.68. The van der Waals surface area contributed by atoms with Gasteiger partial charge in [-0.25, -0.2) is 4.39 Å². The number of halogens is 1. The maximum Gasteiger partial charge on any atom is 0.123 e. The molecule has 2 aromatic rings. The highest BCUT2D eigenvalue weighted by Crippen LogP contribution is 2.30. The van der Waals surface area contributed by atoms with Crippen LogP contribution in [0.3, 0.4) is 0 Å². The average molecular weight is 274 g/mol. The summed E-state index contributed by atoms with van der Waals surface area (Å²) in [5, 5.41) is 0. The molecule has 2 aromatic carbocycles. The molecule has 0 saturated carbocycles. The predicted molar refractivity (Wildman–Crippen MR) is 81.1 cm³/mol. The molecule has 2 rings (SSSR count). The van der Waals surface area contributed by atoms with Crippen LogP contribution in [0, 0.1) is 5.82 Å². The monoisotopic (exact) mass is 274 g/mol. The summed E-state index contributed by atoms with van der Waals surface area (Å²) in [5.41, 5.74) is 8.32. The lowest BCUT2D eigenvalue weighted by Crippen LogP contribution is -2.11. The third kappa shape index (κ3) is 3.41. The van der Waals surface area contributed by atoms with Crippen LogP contribution in [0.4, 0.5) is 21.5 Å². The van der Waals surface area contributed by atoms with E-state index in [2.05, 4.69) is 0 Å². The van der Waals surface area contributed by atoms with Crippen LogP contribution in [-0.2, 0) is 0 Å². The Morgan fingerprint density at radius 3 is 2.30 bits per heavy atom. The van der Waals surface area contributed by atoms with Crippen molar-refractivity contribution in [2.45, 2.75) is 20.0 Å². The molecule has 0 spiro atoms. The van der Waals surface area contributed by atoms with Gasteiger partial charge in [0.15, 0.2) is 0 Å². The molecule has 0 atom stereocenters. The summed E-state index contributed by atoms with van der Waals surface area (Å²) < 4.78 is 18.6. The van der Waals surface area contributed by atoms with Crippen molar-refractivity contribution >= 4 is 17.1 Å². The first-order valence-corrected chi connectivity index (χ1v) is 6.52. The van der Waals surface area contributed by atoms with Gasteiger partial charge in [-0.3, -0.25) is 0 Å². The Morgan fingerprint density at radius 2 is 1.70 bits per heavy atom. The molecule has 2 N–H and O–H groups in total. The lowest BCUT2D eigenvalue weighted by atomic mass is 10.2. The zero-order valence-corrected chi connectivity index (χ0v) is 11.9. The molecular weight excluding hydrogens is 255 g/mol. The third-order valence-corrected chi connectivity index (χ3v) is 2.89. The number of rotatable bonds is 4. The number of nitrogens with zero attached hydrogens (tertiary/aromatic N) is 1. The van der Waals surface area contributed by atoms with Gasteiger partial charge in [-0.1, -0.05) is 0 Å². The summed E-state index contributed by atoms with van der Waals surface area (Å²) in [5.74, 6) is 0.475. The van der Waals surface area contributed by atoms with Gasteiger partial charge in [0, 0.05) is 36.2 Å². The van der Waals surface area contributed by atoms with Gasteiger partial charge in [-0.05, 0) is 44.2 Å². The molecular formula is C16H19FN2O. The van der Waals surface area contributed by atoms with E-state index in [1.165, 1.54) is 12.1 Å². The minimum atomic E-state index is -0.251. The lowest BCUT2D eigenvalue weighted by Gasteiger charge is -2.21. The number of anilines is 3. The van der Waals surface area contributed by atoms with Gasteiger partial charge < -0.3 is 15.4 Å². The molecule has 0 fully saturated rings. The second kappa shape index (κ2) is 5.82. The Bertz CT molecular complexity index is 582. The molecule has 0 aromatic heterocycles. The van der Waals surface area contributed by atoms with E-state index in [0.29, 0.717) is 5.69 Å². The van der Waals surface area contributed by atoms with Crippen LogP contribution in [0.5, 0.6) is 5.75 Å². The van der Waals surface area contributed by atoms with E-state index in [0.717, 1.165) is 17.1 Å². The Labute approximate surface area is 118 Å². The molecule has 0 aliphatic heterocycles. The first kappa shape index (κ1) is 14.2. The van der Waals surface area contributed by atoms with Crippen molar-refractivity contribution in [3.8, 4) is 5.75 Å². The molecule has 4 heteroatoms. The summed E-state index contributed by atoms with van der Waals surface area (Å²) in [7, 11) is 1.90. The van der Waals surface area contributed by atoms with Crippen molar-refractivity contribution in [3.63, 3.8) is 0 Å². The van der Waals surface area contributed by atoms with Crippen LogP contribution in [-0.4, -0.2) is 13.2 Å². The fourth-order valence-electron chi connectivity index (χ4n) is 1.95. The fraction of sp³-hybridized carbons (Fsp3) is 0.250. The Kier molecular flexibility index (Phi) is 4.13. The van der Waals surface area contributed by atoms with Crippen LogP contribution in [0.1, 0.15) is 13.8 Å². The predicted octanol–water partition coefficient (Wildman–Crippen LogP) is 3.96. The lowest BCUT2D eigenvalue weighted by molar-refractivity contribution is 0.242. The Hall–Kier alpha value is -2.23. The van der Waals surface area contributed by atoms with E-state index >= 15 is 0 Å². The highest BCUT2D eigenvalue weighted by Gasteiger charge is 2.08. The zero-order chi connectivity index (χ0) is 14.7. The maximum atomic E-state index is 13.0. The number of ether oxygens (including phenoxy) is 1. The van der Waals surface area contributed by atoms with Gasteiger partial charge in [0.25, 0.3) is 0 Å². The van der Waals surface area contributed by atoms with Crippen molar-refractivity contribution in [2.75, 3.05) is 17.7 Å². The van der Waals surface area contributed by atoms with Gasteiger partial charge in [0.1, 0.15) is 11.6 Å². The van der Waals surface area contributed by atoms with Gasteiger partial charge in [0.05, 0.1) is 6.10 Å². The number of benzene rings is 2. The maximum absolute atomic E-state index is 13.0. The molecule has 0 aliphatic rings. The fourth-order valence-corrected chi connectivity index (χ4v) is 1.95. The standard InChI is InChI=1S/C16H19FN2O/c1-11(2)20-16-9-13(18)8-15(10-16)19(3)14-6-4-12(17)5-7-14/h4-11H,18H2,1-3H3. The topological polar surface area (TPSA) is 38.5 Å². The molecule has 0 heterocycles. The van der Waals surface area contributed by atoms with Gasteiger partial charge >= 0.3 is 0 Å². The minimum absolute atomic E-state index is 0.0841. The summed E-state index contributed by atoms with van der Waals surface area (Å²) in [6.45, 7) is 3.93. The molecule has 0 aliphatic carbocycles. The van der Waals surface area contributed by atoms with Crippen molar-refractivity contribution in [2.24, 2.45) is 0 Å². The minimum Gasteiger partial charge on any atom is -0.491 e. The highest BCUT2D eigenvalue weighted by atomic mass is 19.1. The second-order valence-electron chi connectivity index (χ2n) is 4.96. The number of hydrogen-bond acceptors (Lipinski definition) is 3. The quantitative estimate of drug-likeness (QED) is 0.857. The molecule has 0 radical (unpaired) electrons. The number of nitrogens with two attached hydrogens (primary N) is 1. The smallest absolute Gasteiger partial charge is 0.123 e. The van der Waals surface area contributed by atoms with E-state index in [1.54, 1.807) is 18.2 Å².